The molecule has 2 heterocycles. The minimum atomic E-state index is 0.300. The van der Waals surface area contributed by atoms with Crippen molar-refractivity contribution in [2.45, 2.75) is 25.8 Å². The van der Waals surface area contributed by atoms with Gasteiger partial charge in [-0.15, -0.1) is 0 Å². The average Bonchev–Trinajstić information content (AvgIpc) is 2.30. The first-order valence-electron chi connectivity index (χ1n) is 6.04. The van der Waals surface area contributed by atoms with Crippen molar-refractivity contribution >= 4 is 5.91 Å². The number of carbonyl (C=O) groups is 1. The van der Waals surface area contributed by atoms with E-state index in [2.05, 4.69) is 17.1 Å². The van der Waals surface area contributed by atoms with Gasteiger partial charge in [0.05, 0.1) is 6.54 Å². The fourth-order valence-corrected chi connectivity index (χ4v) is 2.52. The van der Waals surface area contributed by atoms with Crippen LogP contribution >= 0.6 is 0 Å². The third-order valence-corrected chi connectivity index (χ3v) is 3.52. The molecule has 1 unspecified atom stereocenters. The predicted molar refractivity (Wildman–Crippen MR) is 59.7 cm³/mol. The molecule has 0 radical (unpaired) electrons. The molecule has 0 bridgehead atoms. The fourth-order valence-electron chi connectivity index (χ4n) is 2.52. The molecule has 4 heteroatoms. The minimum Gasteiger partial charge on any atom is -0.341 e. The second-order valence-electron chi connectivity index (χ2n) is 4.44. The Morgan fingerprint density at radius 1 is 1.47 bits per heavy atom. The van der Waals surface area contributed by atoms with Gasteiger partial charge in [-0.1, -0.05) is 0 Å². The van der Waals surface area contributed by atoms with Gasteiger partial charge < -0.3 is 10.2 Å². The Bertz CT molecular complexity index is 226. The smallest absolute Gasteiger partial charge is 0.236 e. The molecule has 2 saturated heterocycles. The summed E-state index contributed by atoms with van der Waals surface area (Å²) in [5.74, 6) is 0.300. The Morgan fingerprint density at radius 3 is 2.93 bits per heavy atom. The van der Waals surface area contributed by atoms with Crippen LogP contribution in [0, 0.1) is 0 Å². The Morgan fingerprint density at radius 2 is 2.33 bits per heavy atom. The van der Waals surface area contributed by atoms with E-state index >= 15 is 0 Å². The normalized spacial score (nSPS) is 29.5. The number of piperidine rings is 1. The van der Waals surface area contributed by atoms with Crippen LogP contribution in [0.25, 0.3) is 0 Å². The van der Waals surface area contributed by atoms with Crippen LogP contribution in [0.1, 0.15) is 19.8 Å². The van der Waals surface area contributed by atoms with E-state index in [0.29, 0.717) is 18.5 Å². The summed E-state index contributed by atoms with van der Waals surface area (Å²) < 4.78 is 0. The number of hydrogen-bond acceptors (Lipinski definition) is 3. The first-order valence-corrected chi connectivity index (χ1v) is 6.04. The Hall–Kier alpha value is -0.610. The van der Waals surface area contributed by atoms with E-state index in [1.807, 2.05) is 4.90 Å². The van der Waals surface area contributed by atoms with Crippen molar-refractivity contribution in [3.05, 3.63) is 0 Å². The zero-order valence-corrected chi connectivity index (χ0v) is 9.54. The van der Waals surface area contributed by atoms with Crippen molar-refractivity contribution in [3.8, 4) is 0 Å². The average molecular weight is 211 g/mol. The SMILES string of the molecule is CCN1CCN(C2CCCNC2)CC1=O. The lowest BCUT2D eigenvalue weighted by Gasteiger charge is -2.40. The predicted octanol–water partition coefficient (Wildman–Crippen LogP) is -0.0975. The van der Waals surface area contributed by atoms with Crippen LogP contribution in [0.4, 0.5) is 0 Å². The van der Waals surface area contributed by atoms with Crippen LogP contribution in [-0.4, -0.2) is 61.0 Å². The van der Waals surface area contributed by atoms with Gasteiger partial charge in [-0.2, -0.15) is 0 Å². The van der Waals surface area contributed by atoms with Crippen LogP contribution in [-0.2, 0) is 4.79 Å². The Labute approximate surface area is 91.6 Å². The molecule has 0 spiro atoms. The maximum Gasteiger partial charge on any atom is 0.236 e. The van der Waals surface area contributed by atoms with Crippen LogP contribution in [0.3, 0.4) is 0 Å². The van der Waals surface area contributed by atoms with Crippen molar-refractivity contribution in [2.24, 2.45) is 0 Å². The van der Waals surface area contributed by atoms with Crippen molar-refractivity contribution in [2.75, 3.05) is 39.3 Å². The van der Waals surface area contributed by atoms with Gasteiger partial charge in [0.2, 0.25) is 5.91 Å². The number of likely N-dealkylation sites (N-methyl/N-ethyl adjacent to an activating group) is 1. The summed E-state index contributed by atoms with van der Waals surface area (Å²) in [5, 5.41) is 3.41. The van der Waals surface area contributed by atoms with Gasteiger partial charge in [-0.25, -0.2) is 0 Å². The molecular formula is C11H21N3O. The number of nitrogens with one attached hydrogen (secondary N) is 1. The Kier molecular flexibility index (Phi) is 3.59. The van der Waals surface area contributed by atoms with Gasteiger partial charge in [0, 0.05) is 32.2 Å². The van der Waals surface area contributed by atoms with Crippen molar-refractivity contribution < 1.29 is 4.79 Å². The zero-order valence-electron chi connectivity index (χ0n) is 9.54. The lowest BCUT2D eigenvalue weighted by Crippen LogP contribution is -2.56. The molecule has 0 aromatic carbocycles. The second kappa shape index (κ2) is 4.94. The first-order chi connectivity index (χ1) is 7.31. The highest BCUT2D eigenvalue weighted by molar-refractivity contribution is 5.79. The molecule has 2 fully saturated rings. The summed E-state index contributed by atoms with van der Waals surface area (Å²) in [6.45, 7) is 7.68. The van der Waals surface area contributed by atoms with E-state index in [0.717, 1.165) is 32.7 Å². The largest absolute Gasteiger partial charge is 0.341 e. The molecule has 0 aromatic heterocycles. The van der Waals surface area contributed by atoms with Crippen LogP contribution in [0.5, 0.6) is 0 Å². The maximum atomic E-state index is 11.7. The molecule has 0 aliphatic carbocycles. The highest BCUT2D eigenvalue weighted by Gasteiger charge is 2.28. The molecule has 1 atom stereocenters. The van der Waals surface area contributed by atoms with E-state index in [1.54, 1.807) is 0 Å². The molecule has 0 aromatic rings. The lowest BCUT2D eigenvalue weighted by molar-refractivity contribution is -0.136. The summed E-state index contributed by atoms with van der Waals surface area (Å²) in [4.78, 5) is 16.0. The van der Waals surface area contributed by atoms with Crippen molar-refractivity contribution in [1.82, 2.24) is 15.1 Å². The van der Waals surface area contributed by atoms with Crippen molar-refractivity contribution in [1.29, 1.82) is 0 Å². The summed E-state index contributed by atoms with van der Waals surface area (Å²) in [6, 6.07) is 0.585. The third kappa shape index (κ3) is 2.49. The van der Waals surface area contributed by atoms with E-state index in [4.69, 9.17) is 0 Å². The molecule has 1 amide bonds. The molecule has 2 aliphatic heterocycles. The minimum absolute atomic E-state index is 0.300. The fraction of sp³-hybridized carbons (Fsp3) is 0.909. The molecule has 2 aliphatic rings. The van der Waals surface area contributed by atoms with E-state index < -0.39 is 0 Å². The molecule has 15 heavy (non-hydrogen) atoms. The molecule has 2 rings (SSSR count). The highest BCUT2D eigenvalue weighted by Crippen LogP contribution is 2.13. The third-order valence-electron chi connectivity index (χ3n) is 3.52. The highest BCUT2D eigenvalue weighted by atomic mass is 16.2. The summed E-state index contributed by atoms with van der Waals surface area (Å²) in [5.41, 5.74) is 0. The maximum absolute atomic E-state index is 11.7. The number of rotatable bonds is 2. The first kappa shape index (κ1) is 10.9. The lowest BCUT2D eigenvalue weighted by atomic mass is 10.0. The summed E-state index contributed by atoms with van der Waals surface area (Å²) in [6.07, 6.45) is 2.49. The van der Waals surface area contributed by atoms with E-state index in [9.17, 15) is 4.79 Å². The summed E-state index contributed by atoms with van der Waals surface area (Å²) in [7, 11) is 0. The monoisotopic (exact) mass is 211 g/mol. The summed E-state index contributed by atoms with van der Waals surface area (Å²) >= 11 is 0. The molecule has 1 N–H and O–H groups in total. The zero-order chi connectivity index (χ0) is 10.7. The number of piperazine rings is 1. The second-order valence-corrected chi connectivity index (χ2v) is 4.44. The van der Waals surface area contributed by atoms with Gasteiger partial charge in [-0.05, 0) is 26.3 Å². The van der Waals surface area contributed by atoms with Crippen molar-refractivity contribution in [3.63, 3.8) is 0 Å². The van der Waals surface area contributed by atoms with Crippen LogP contribution in [0.15, 0.2) is 0 Å². The van der Waals surface area contributed by atoms with Gasteiger partial charge >= 0.3 is 0 Å². The molecule has 0 saturated carbocycles. The van der Waals surface area contributed by atoms with E-state index in [-0.39, 0.29) is 0 Å². The van der Waals surface area contributed by atoms with Gasteiger partial charge in [0.15, 0.2) is 0 Å². The standard InChI is InChI=1S/C11H21N3O/c1-2-13-6-7-14(9-11(13)15)10-4-3-5-12-8-10/h10,12H,2-9H2,1H3. The van der Waals surface area contributed by atoms with Crippen LogP contribution in [0.2, 0.25) is 0 Å². The van der Waals surface area contributed by atoms with Gasteiger partial charge in [-0.3, -0.25) is 9.69 Å². The van der Waals surface area contributed by atoms with Gasteiger partial charge in [0.25, 0.3) is 0 Å². The Balaban J connectivity index is 1.87. The number of amides is 1. The topological polar surface area (TPSA) is 35.6 Å². The van der Waals surface area contributed by atoms with Crippen LogP contribution < -0.4 is 5.32 Å². The number of hydrogen-bond donors (Lipinski definition) is 1. The quantitative estimate of drug-likeness (QED) is 0.693. The van der Waals surface area contributed by atoms with Gasteiger partial charge in [0.1, 0.15) is 0 Å². The molecule has 86 valence electrons. The number of carbonyl (C=O) groups excluding carboxylic acids is 1. The number of nitrogens with zero attached hydrogens (tertiary/aromatic N) is 2. The molecular weight excluding hydrogens is 190 g/mol. The molecule has 4 nitrogen and oxygen atoms in total. The van der Waals surface area contributed by atoms with E-state index in [1.165, 1.54) is 12.8 Å².